The lowest BCUT2D eigenvalue weighted by molar-refractivity contribution is 0.589. The van der Waals surface area contributed by atoms with Gasteiger partial charge < -0.3 is 11.1 Å². The highest BCUT2D eigenvalue weighted by molar-refractivity contribution is 7.90. The molecule has 4 aromatic carbocycles. The first kappa shape index (κ1) is 24.7. The summed E-state index contributed by atoms with van der Waals surface area (Å²) in [5.41, 5.74) is 10.9. The first-order valence-corrected chi connectivity index (χ1v) is 13.9. The van der Waals surface area contributed by atoms with Gasteiger partial charge in [-0.1, -0.05) is 72.3 Å². The lowest BCUT2D eigenvalue weighted by Gasteiger charge is -2.10. The van der Waals surface area contributed by atoms with E-state index in [-0.39, 0.29) is 4.90 Å². The monoisotopic (exact) mass is 551 g/mol. The van der Waals surface area contributed by atoms with Gasteiger partial charge in [0.1, 0.15) is 0 Å². The van der Waals surface area contributed by atoms with Gasteiger partial charge in [0.25, 0.3) is 10.0 Å². The predicted molar refractivity (Wildman–Crippen MR) is 157 cm³/mol. The molecule has 0 aliphatic rings. The summed E-state index contributed by atoms with van der Waals surface area (Å²) < 4.78 is 28.3. The van der Waals surface area contributed by atoms with Crippen LogP contribution in [0.15, 0.2) is 120 Å². The Labute approximate surface area is 230 Å². The highest BCUT2D eigenvalue weighted by atomic mass is 35.5. The Morgan fingerprint density at radius 2 is 1.56 bits per heavy atom. The molecule has 0 saturated carbocycles. The smallest absolute Gasteiger partial charge is 0.268 e. The summed E-state index contributed by atoms with van der Waals surface area (Å²) in [5.74, 6) is 0.326. The third kappa shape index (κ3) is 4.71. The van der Waals surface area contributed by atoms with Gasteiger partial charge in [-0.05, 0) is 53.6 Å². The van der Waals surface area contributed by atoms with Crippen molar-refractivity contribution in [2.24, 2.45) is 0 Å². The fourth-order valence-corrected chi connectivity index (χ4v) is 6.02. The maximum absolute atomic E-state index is 13.5. The largest absolute Gasteiger partial charge is 0.399 e. The van der Waals surface area contributed by atoms with Crippen molar-refractivity contribution in [3.8, 4) is 22.4 Å². The number of nitrogens with zero attached hydrogens (tertiary/aromatic N) is 3. The Morgan fingerprint density at radius 3 is 2.36 bits per heavy atom. The Balaban J connectivity index is 1.41. The molecule has 192 valence electrons. The number of halogens is 1. The van der Waals surface area contributed by atoms with E-state index >= 15 is 0 Å². The van der Waals surface area contributed by atoms with Crippen LogP contribution >= 0.6 is 11.6 Å². The number of hydrogen-bond acceptors (Lipinski definition) is 6. The molecule has 7 nitrogen and oxygen atoms in total. The SMILES string of the molecule is Nc1ccc(-c2cccc(Nc3ncc(Cl)c(-c4cn(S(=O)(=O)c5ccccc5)c5ccccc45)n3)c2)cc1. The predicted octanol–water partition coefficient (Wildman–Crippen LogP) is 6.98. The van der Waals surface area contributed by atoms with Gasteiger partial charge >= 0.3 is 0 Å². The van der Waals surface area contributed by atoms with Gasteiger partial charge in [0.15, 0.2) is 0 Å². The number of rotatable bonds is 6. The molecule has 0 fully saturated rings. The van der Waals surface area contributed by atoms with E-state index in [1.807, 2.05) is 60.7 Å². The number of benzene rings is 4. The topological polar surface area (TPSA) is 103 Å². The third-order valence-electron chi connectivity index (χ3n) is 6.34. The van der Waals surface area contributed by atoms with E-state index in [0.29, 0.717) is 38.8 Å². The highest BCUT2D eigenvalue weighted by Crippen LogP contribution is 2.36. The normalized spacial score (nSPS) is 11.5. The van der Waals surface area contributed by atoms with E-state index in [9.17, 15) is 8.42 Å². The van der Waals surface area contributed by atoms with Crippen molar-refractivity contribution in [1.29, 1.82) is 0 Å². The fraction of sp³-hybridized carbons (Fsp3) is 0. The number of nitrogen functional groups attached to an aromatic ring is 1. The molecular formula is C30H22ClN5O2S. The Morgan fingerprint density at radius 1 is 0.821 bits per heavy atom. The van der Waals surface area contributed by atoms with Crippen molar-refractivity contribution in [3.05, 3.63) is 121 Å². The average molecular weight is 552 g/mol. The maximum Gasteiger partial charge on any atom is 0.268 e. The molecule has 0 spiro atoms. The summed E-state index contributed by atoms with van der Waals surface area (Å²) in [6.45, 7) is 0. The van der Waals surface area contributed by atoms with Crippen molar-refractivity contribution in [2.45, 2.75) is 4.90 Å². The lowest BCUT2D eigenvalue weighted by Crippen LogP contribution is -2.11. The zero-order valence-corrected chi connectivity index (χ0v) is 22.1. The summed E-state index contributed by atoms with van der Waals surface area (Å²) in [6, 6.07) is 31.1. The molecular weight excluding hydrogens is 530 g/mol. The van der Waals surface area contributed by atoms with Crippen LogP contribution in [0, 0.1) is 0 Å². The molecule has 6 aromatic rings. The molecule has 6 rings (SSSR count). The summed E-state index contributed by atoms with van der Waals surface area (Å²) in [4.78, 5) is 9.24. The van der Waals surface area contributed by atoms with Crippen molar-refractivity contribution >= 4 is 49.9 Å². The van der Waals surface area contributed by atoms with Crippen LogP contribution in [0.3, 0.4) is 0 Å². The number of hydrogen-bond donors (Lipinski definition) is 2. The van der Waals surface area contributed by atoms with Gasteiger partial charge in [-0.2, -0.15) is 0 Å². The van der Waals surface area contributed by atoms with Crippen molar-refractivity contribution < 1.29 is 8.42 Å². The Bertz CT molecular complexity index is 1920. The second-order valence-corrected chi connectivity index (χ2v) is 11.1. The second kappa shape index (κ2) is 9.90. The summed E-state index contributed by atoms with van der Waals surface area (Å²) in [6.07, 6.45) is 3.07. The van der Waals surface area contributed by atoms with Gasteiger partial charge in [-0.15, -0.1) is 0 Å². The van der Waals surface area contributed by atoms with Crippen LogP contribution in [0.1, 0.15) is 0 Å². The van der Waals surface area contributed by atoms with E-state index in [2.05, 4.69) is 10.3 Å². The van der Waals surface area contributed by atoms with E-state index in [1.165, 1.54) is 10.2 Å². The standard InChI is InChI=1S/C30H22ClN5O2S/c31-27-18-33-30(34-23-8-6-7-21(17-23)20-13-15-22(32)16-14-20)35-29(27)26-19-36(28-12-5-4-11-25(26)28)39(37,38)24-9-2-1-3-10-24/h1-19H,32H2,(H,33,34,35). The number of fused-ring (bicyclic) bond motifs is 1. The molecule has 0 unspecified atom stereocenters. The molecule has 0 atom stereocenters. The van der Waals surface area contributed by atoms with E-state index in [1.54, 1.807) is 48.7 Å². The molecule has 39 heavy (non-hydrogen) atoms. The number of aromatic nitrogens is 3. The summed E-state index contributed by atoms with van der Waals surface area (Å²) in [5, 5.41) is 4.25. The molecule has 0 radical (unpaired) electrons. The van der Waals surface area contributed by atoms with E-state index in [4.69, 9.17) is 22.3 Å². The number of anilines is 3. The zero-order valence-electron chi connectivity index (χ0n) is 20.5. The number of nitrogens with two attached hydrogens (primary N) is 1. The summed E-state index contributed by atoms with van der Waals surface area (Å²) in [7, 11) is -3.85. The van der Waals surface area contributed by atoms with Crippen molar-refractivity contribution in [1.82, 2.24) is 13.9 Å². The minimum absolute atomic E-state index is 0.189. The zero-order chi connectivity index (χ0) is 27.0. The number of nitrogens with one attached hydrogen (secondary N) is 1. The molecule has 3 N–H and O–H groups in total. The van der Waals surface area contributed by atoms with Crippen molar-refractivity contribution in [3.63, 3.8) is 0 Å². The fourth-order valence-electron chi connectivity index (χ4n) is 4.44. The highest BCUT2D eigenvalue weighted by Gasteiger charge is 2.23. The molecule has 2 heterocycles. The molecule has 0 aliphatic carbocycles. The second-order valence-electron chi connectivity index (χ2n) is 8.89. The van der Waals surface area contributed by atoms with Gasteiger partial charge in [0.05, 0.1) is 27.3 Å². The Hall–Kier alpha value is -4.66. The Kier molecular flexibility index (Phi) is 6.26. The molecule has 2 aromatic heterocycles. The van der Waals surface area contributed by atoms with Gasteiger partial charge in [0, 0.05) is 28.5 Å². The van der Waals surface area contributed by atoms with Crippen LogP contribution in [-0.2, 0) is 10.0 Å². The molecule has 9 heteroatoms. The average Bonchev–Trinajstić information content (AvgIpc) is 3.36. The molecule has 0 aliphatic heterocycles. The minimum Gasteiger partial charge on any atom is -0.399 e. The molecule has 0 bridgehead atoms. The molecule has 0 saturated heterocycles. The maximum atomic E-state index is 13.5. The van der Waals surface area contributed by atoms with Crippen LogP contribution in [-0.4, -0.2) is 22.4 Å². The van der Waals surface area contributed by atoms with Crippen LogP contribution in [0.4, 0.5) is 17.3 Å². The quantitative estimate of drug-likeness (QED) is 0.216. The third-order valence-corrected chi connectivity index (χ3v) is 8.30. The van der Waals surface area contributed by atoms with Crippen LogP contribution in [0.5, 0.6) is 0 Å². The number of para-hydroxylation sites is 1. The lowest BCUT2D eigenvalue weighted by atomic mass is 10.0. The first-order chi connectivity index (χ1) is 18.9. The van der Waals surface area contributed by atoms with Crippen LogP contribution in [0.2, 0.25) is 5.02 Å². The van der Waals surface area contributed by atoms with E-state index in [0.717, 1.165) is 16.8 Å². The van der Waals surface area contributed by atoms with Crippen molar-refractivity contribution in [2.75, 3.05) is 11.1 Å². The van der Waals surface area contributed by atoms with E-state index < -0.39 is 10.0 Å². The molecule has 0 amide bonds. The minimum atomic E-state index is -3.85. The van der Waals surface area contributed by atoms with Gasteiger partial charge in [0.2, 0.25) is 5.95 Å². The first-order valence-electron chi connectivity index (χ1n) is 12.1. The van der Waals surface area contributed by atoms with Gasteiger partial charge in [-0.25, -0.2) is 22.4 Å². The van der Waals surface area contributed by atoms with Gasteiger partial charge in [-0.3, -0.25) is 0 Å². The summed E-state index contributed by atoms with van der Waals surface area (Å²) >= 11 is 6.57. The van der Waals surface area contributed by atoms with Crippen LogP contribution in [0.25, 0.3) is 33.3 Å². The van der Waals surface area contributed by atoms with Crippen LogP contribution < -0.4 is 11.1 Å².